The highest BCUT2D eigenvalue weighted by atomic mass is 16.5. The van der Waals surface area contributed by atoms with E-state index in [9.17, 15) is 4.79 Å². The first-order valence-electron chi connectivity index (χ1n) is 8.10. The average molecular weight is 331 g/mol. The average Bonchev–Trinajstić information content (AvgIpc) is 3.02. The first kappa shape index (κ1) is 15.3. The van der Waals surface area contributed by atoms with E-state index >= 15 is 0 Å². The fourth-order valence-corrected chi connectivity index (χ4v) is 3.12. The van der Waals surface area contributed by atoms with Crippen molar-refractivity contribution >= 4 is 17.4 Å². The van der Waals surface area contributed by atoms with Gasteiger partial charge in [0.25, 0.3) is 0 Å². The van der Waals surface area contributed by atoms with Crippen LogP contribution in [0.2, 0.25) is 0 Å². The lowest BCUT2D eigenvalue weighted by Crippen LogP contribution is -1.99. The fourth-order valence-electron chi connectivity index (χ4n) is 3.12. The monoisotopic (exact) mass is 331 g/mol. The second-order valence-corrected chi connectivity index (χ2v) is 5.96. The number of carbonyl (C=O) groups is 1. The molecule has 124 valence electrons. The van der Waals surface area contributed by atoms with Gasteiger partial charge in [-0.3, -0.25) is 4.79 Å². The summed E-state index contributed by atoms with van der Waals surface area (Å²) in [4.78, 5) is 20.7. The van der Waals surface area contributed by atoms with E-state index in [0.29, 0.717) is 18.8 Å². The Bertz CT molecular complexity index is 953. The highest BCUT2D eigenvalue weighted by Crippen LogP contribution is 2.30. The predicted octanol–water partition coefficient (Wildman–Crippen LogP) is 3.56. The van der Waals surface area contributed by atoms with E-state index in [4.69, 9.17) is 4.74 Å². The van der Waals surface area contributed by atoms with Gasteiger partial charge in [0.1, 0.15) is 11.5 Å². The second kappa shape index (κ2) is 6.36. The fraction of sp³-hybridized carbons (Fsp3) is 0.150. The molecule has 1 aliphatic carbocycles. The normalized spacial score (nSPS) is 12.8. The zero-order chi connectivity index (χ0) is 17.2. The molecular formula is C20H17N3O2. The lowest BCUT2D eigenvalue weighted by Gasteiger charge is -2.10. The number of ether oxygens (including phenoxy) is 1. The molecule has 25 heavy (non-hydrogen) atoms. The third-order valence-corrected chi connectivity index (χ3v) is 4.29. The number of nitrogens with zero attached hydrogens (tertiary/aromatic N) is 2. The minimum absolute atomic E-state index is 0.256. The molecule has 0 fully saturated rings. The SMILES string of the molecule is COc1cccc(Nc2nccc(-c3cccc4c3CC(=O)C4)n2)c1. The van der Waals surface area contributed by atoms with Crippen molar-refractivity contribution in [3.63, 3.8) is 0 Å². The van der Waals surface area contributed by atoms with E-state index in [0.717, 1.165) is 33.8 Å². The number of carbonyl (C=O) groups excluding carboxylic acids is 1. The summed E-state index contributed by atoms with van der Waals surface area (Å²) < 4.78 is 5.23. The molecule has 0 atom stereocenters. The van der Waals surface area contributed by atoms with Gasteiger partial charge in [-0.25, -0.2) is 9.97 Å². The highest BCUT2D eigenvalue weighted by Gasteiger charge is 2.22. The molecular weight excluding hydrogens is 314 g/mol. The number of fused-ring (bicyclic) bond motifs is 1. The number of methoxy groups -OCH3 is 1. The molecule has 1 aliphatic rings. The van der Waals surface area contributed by atoms with E-state index in [1.807, 2.05) is 48.5 Å². The van der Waals surface area contributed by atoms with E-state index < -0.39 is 0 Å². The number of anilines is 2. The Kier molecular flexibility index (Phi) is 3.90. The number of nitrogens with one attached hydrogen (secondary N) is 1. The predicted molar refractivity (Wildman–Crippen MR) is 96.2 cm³/mol. The van der Waals surface area contributed by atoms with Gasteiger partial charge in [-0.05, 0) is 29.3 Å². The molecule has 0 saturated carbocycles. The third-order valence-electron chi connectivity index (χ3n) is 4.29. The minimum atomic E-state index is 0.256. The van der Waals surface area contributed by atoms with Crippen LogP contribution in [-0.4, -0.2) is 22.9 Å². The zero-order valence-electron chi connectivity index (χ0n) is 13.8. The first-order chi connectivity index (χ1) is 12.2. The van der Waals surface area contributed by atoms with Crippen molar-refractivity contribution in [1.82, 2.24) is 9.97 Å². The Labute approximate surface area is 145 Å². The number of hydrogen-bond donors (Lipinski definition) is 1. The topological polar surface area (TPSA) is 64.1 Å². The van der Waals surface area contributed by atoms with Crippen molar-refractivity contribution in [1.29, 1.82) is 0 Å². The summed E-state index contributed by atoms with van der Waals surface area (Å²) in [6.45, 7) is 0. The molecule has 0 unspecified atom stereocenters. The van der Waals surface area contributed by atoms with Crippen LogP contribution in [0.4, 0.5) is 11.6 Å². The maximum Gasteiger partial charge on any atom is 0.227 e. The molecule has 0 amide bonds. The maximum atomic E-state index is 11.8. The molecule has 2 aromatic carbocycles. The number of ketones is 1. The quantitative estimate of drug-likeness (QED) is 0.792. The van der Waals surface area contributed by atoms with Crippen LogP contribution in [0.15, 0.2) is 54.7 Å². The summed E-state index contributed by atoms with van der Waals surface area (Å²) in [7, 11) is 1.63. The molecule has 1 aromatic heterocycles. The van der Waals surface area contributed by atoms with E-state index in [1.165, 1.54) is 0 Å². The number of Topliss-reactive ketones (excluding diaryl/α,β-unsaturated/α-hetero) is 1. The van der Waals surface area contributed by atoms with Gasteiger partial charge < -0.3 is 10.1 Å². The molecule has 1 N–H and O–H groups in total. The summed E-state index contributed by atoms with van der Waals surface area (Å²) >= 11 is 0. The van der Waals surface area contributed by atoms with Crippen LogP contribution in [0.1, 0.15) is 11.1 Å². The summed E-state index contributed by atoms with van der Waals surface area (Å²) in [6.07, 6.45) is 2.72. The Morgan fingerprint density at radius 1 is 1.08 bits per heavy atom. The Hall–Kier alpha value is -3.21. The van der Waals surface area contributed by atoms with E-state index in [1.54, 1.807) is 13.3 Å². The van der Waals surface area contributed by atoms with Crippen LogP contribution < -0.4 is 10.1 Å². The molecule has 0 aliphatic heterocycles. The number of rotatable bonds is 4. The smallest absolute Gasteiger partial charge is 0.227 e. The standard InChI is InChI=1S/C20H17N3O2/c1-25-16-6-3-5-14(11-16)22-20-21-9-8-19(23-20)17-7-2-4-13-10-15(24)12-18(13)17/h2-9,11H,10,12H2,1H3,(H,21,22,23). The van der Waals surface area contributed by atoms with E-state index in [-0.39, 0.29) is 5.78 Å². The molecule has 5 nitrogen and oxygen atoms in total. The van der Waals surface area contributed by atoms with Gasteiger partial charge in [-0.15, -0.1) is 0 Å². The Balaban J connectivity index is 1.67. The van der Waals surface area contributed by atoms with Crippen LogP contribution in [-0.2, 0) is 17.6 Å². The van der Waals surface area contributed by atoms with Crippen LogP contribution in [0.3, 0.4) is 0 Å². The molecule has 1 heterocycles. The molecule has 3 aromatic rings. The first-order valence-corrected chi connectivity index (χ1v) is 8.10. The molecule has 0 radical (unpaired) electrons. The van der Waals surface area contributed by atoms with Gasteiger partial charge in [0, 0.05) is 36.4 Å². The van der Waals surface area contributed by atoms with Crippen LogP contribution in [0.5, 0.6) is 5.75 Å². The van der Waals surface area contributed by atoms with Crippen molar-refractivity contribution < 1.29 is 9.53 Å². The molecule has 0 spiro atoms. The number of aromatic nitrogens is 2. The summed E-state index contributed by atoms with van der Waals surface area (Å²) in [5.41, 5.74) is 4.85. The molecule has 0 bridgehead atoms. The van der Waals surface area contributed by atoms with Gasteiger partial charge in [-0.2, -0.15) is 0 Å². The van der Waals surface area contributed by atoms with Crippen LogP contribution >= 0.6 is 0 Å². The number of benzene rings is 2. The molecule has 0 saturated heterocycles. The van der Waals surface area contributed by atoms with Gasteiger partial charge in [-0.1, -0.05) is 24.3 Å². The summed E-state index contributed by atoms with van der Waals surface area (Å²) in [5, 5.41) is 3.20. The van der Waals surface area contributed by atoms with Crippen molar-refractivity contribution in [2.75, 3.05) is 12.4 Å². The minimum Gasteiger partial charge on any atom is -0.497 e. The molecule has 4 rings (SSSR count). The third kappa shape index (κ3) is 3.08. The summed E-state index contributed by atoms with van der Waals surface area (Å²) in [5.74, 6) is 1.53. The highest BCUT2D eigenvalue weighted by molar-refractivity contribution is 5.91. The maximum absolute atomic E-state index is 11.8. The van der Waals surface area contributed by atoms with Crippen molar-refractivity contribution in [3.8, 4) is 17.0 Å². The number of hydrogen-bond acceptors (Lipinski definition) is 5. The van der Waals surface area contributed by atoms with E-state index in [2.05, 4.69) is 15.3 Å². The van der Waals surface area contributed by atoms with Crippen LogP contribution in [0.25, 0.3) is 11.3 Å². The summed E-state index contributed by atoms with van der Waals surface area (Å²) in [6, 6.07) is 15.5. The van der Waals surface area contributed by atoms with Crippen LogP contribution in [0, 0.1) is 0 Å². The van der Waals surface area contributed by atoms with Crippen molar-refractivity contribution in [3.05, 3.63) is 65.9 Å². The lowest BCUT2D eigenvalue weighted by atomic mass is 10.0. The van der Waals surface area contributed by atoms with Gasteiger partial charge >= 0.3 is 0 Å². The lowest BCUT2D eigenvalue weighted by molar-refractivity contribution is -0.117. The largest absolute Gasteiger partial charge is 0.497 e. The Morgan fingerprint density at radius 2 is 1.96 bits per heavy atom. The van der Waals surface area contributed by atoms with Gasteiger partial charge in [0.15, 0.2) is 0 Å². The van der Waals surface area contributed by atoms with Gasteiger partial charge in [0.2, 0.25) is 5.95 Å². The second-order valence-electron chi connectivity index (χ2n) is 5.96. The van der Waals surface area contributed by atoms with Gasteiger partial charge in [0.05, 0.1) is 12.8 Å². The zero-order valence-corrected chi connectivity index (χ0v) is 13.8. The van der Waals surface area contributed by atoms with Crippen molar-refractivity contribution in [2.45, 2.75) is 12.8 Å². The Morgan fingerprint density at radius 3 is 2.84 bits per heavy atom. The van der Waals surface area contributed by atoms with Crippen molar-refractivity contribution in [2.24, 2.45) is 0 Å². The molecule has 5 heteroatoms.